The van der Waals surface area contributed by atoms with Crippen LogP contribution in [-0.4, -0.2) is 12.6 Å². The molecule has 0 N–H and O–H groups in total. The Labute approximate surface area is 229 Å². The summed E-state index contributed by atoms with van der Waals surface area (Å²) < 4.78 is 17.3. The number of rotatable bonds is 5. The van der Waals surface area contributed by atoms with Crippen molar-refractivity contribution in [2.45, 2.75) is 24.8 Å². The first kappa shape index (κ1) is 23.9. The summed E-state index contributed by atoms with van der Waals surface area (Å²) in [4.78, 5) is 0. The van der Waals surface area contributed by atoms with Gasteiger partial charge in [-0.3, -0.25) is 0 Å². The van der Waals surface area contributed by atoms with Crippen LogP contribution in [0.3, 0.4) is 0 Å². The standard InChI is InChI=1S/C36H30FNSi/c37-27-13-12-20-31(25-27)39(29-16-6-2-7-17-29,30-18-8-3-9-19-30)32-23-24-36-34(26-32)33-21-10-11-22-35(33)38(36)28-14-4-1-5-15-28/h1-8,10-18,21-26,31H,9,19-20H2. The van der Waals surface area contributed by atoms with Gasteiger partial charge in [-0.05, 0) is 71.6 Å². The molecule has 39 heavy (non-hydrogen) atoms. The Kier molecular flexibility index (Phi) is 6.02. The number of nitrogens with zero attached hydrogens (tertiary/aromatic N) is 1. The van der Waals surface area contributed by atoms with Crippen molar-refractivity contribution in [3.05, 3.63) is 151 Å². The normalized spacial score (nSPS) is 18.6. The molecule has 0 saturated carbocycles. The molecule has 0 bridgehead atoms. The van der Waals surface area contributed by atoms with E-state index in [-0.39, 0.29) is 11.4 Å². The van der Waals surface area contributed by atoms with Crippen LogP contribution in [0.5, 0.6) is 0 Å². The number of benzene rings is 4. The van der Waals surface area contributed by atoms with Crippen LogP contribution in [-0.2, 0) is 0 Å². The van der Waals surface area contributed by atoms with Gasteiger partial charge in [0.05, 0.1) is 11.0 Å². The third-order valence-corrected chi connectivity index (χ3v) is 13.9. The molecule has 4 aromatic carbocycles. The molecule has 0 aliphatic heterocycles. The van der Waals surface area contributed by atoms with Crippen LogP contribution in [0.4, 0.5) is 4.39 Å². The average molecular weight is 524 g/mol. The van der Waals surface area contributed by atoms with Gasteiger partial charge in [-0.25, -0.2) is 4.39 Å². The van der Waals surface area contributed by atoms with Gasteiger partial charge in [0, 0.05) is 16.5 Å². The largest absolute Gasteiger partial charge is 0.309 e. The molecule has 2 aliphatic rings. The van der Waals surface area contributed by atoms with Crippen molar-refractivity contribution >= 4 is 40.3 Å². The predicted octanol–water partition coefficient (Wildman–Crippen LogP) is 8.35. The molecule has 3 heteroatoms. The van der Waals surface area contributed by atoms with Crippen molar-refractivity contribution in [3.8, 4) is 5.69 Å². The van der Waals surface area contributed by atoms with E-state index in [4.69, 9.17) is 0 Å². The maximum Gasteiger partial charge on any atom is 0.151 e. The third kappa shape index (κ3) is 3.88. The first-order chi connectivity index (χ1) is 19.3. The molecule has 1 heterocycles. The average Bonchev–Trinajstić information content (AvgIpc) is 3.33. The Hall–Kier alpha value is -4.21. The van der Waals surface area contributed by atoms with E-state index in [2.05, 4.69) is 126 Å². The second-order valence-corrected chi connectivity index (χ2v) is 14.7. The van der Waals surface area contributed by atoms with E-state index in [0.717, 1.165) is 24.9 Å². The Bertz CT molecular complexity index is 1790. The Morgan fingerprint density at radius 2 is 1.46 bits per heavy atom. The molecule has 0 amide bonds. The zero-order valence-electron chi connectivity index (χ0n) is 21.8. The summed E-state index contributed by atoms with van der Waals surface area (Å²) in [5, 5.41) is 6.68. The van der Waals surface area contributed by atoms with Crippen molar-refractivity contribution in [2.24, 2.45) is 0 Å². The number of halogens is 1. The Morgan fingerprint density at radius 1 is 0.718 bits per heavy atom. The topological polar surface area (TPSA) is 4.93 Å². The van der Waals surface area contributed by atoms with Crippen LogP contribution in [0.25, 0.3) is 27.5 Å². The second-order valence-electron chi connectivity index (χ2n) is 10.5. The van der Waals surface area contributed by atoms with E-state index < -0.39 is 8.07 Å². The SMILES string of the molecule is FC1=CC([Si](C2=CC=CCC2)(c2ccccc2)c2ccc3c(c2)c2ccccc2n3-c2ccccc2)CC=C1. The minimum Gasteiger partial charge on any atom is -0.309 e. The molecule has 2 aliphatic carbocycles. The number of para-hydroxylation sites is 2. The van der Waals surface area contributed by atoms with Gasteiger partial charge >= 0.3 is 0 Å². The highest BCUT2D eigenvalue weighted by Gasteiger charge is 2.47. The predicted molar refractivity (Wildman–Crippen MR) is 165 cm³/mol. The molecule has 5 aromatic rings. The summed E-state index contributed by atoms with van der Waals surface area (Å²) in [5.74, 6) is -0.118. The highest BCUT2D eigenvalue weighted by atomic mass is 28.3. The van der Waals surface area contributed by atoms with Gasteiger partial charge < -0.3 is 4.57 Å². The maximum atomic E-state index is 15.0. The van der Waals surface area contributed by atoms with Crippen molar-refractivity contribution in [1.29, 1.82) is 0 Å². The number of hydrogen-bond acceptors (Lipinski definition) is 0. The number of allylic oxidation sites excluding steroid dienone is 8. The summed E-state index contributed by atoms with van der Waals surface area (Å²) in [5.41, 5.74) is 3.66. The van der Waals surface area contributed by atoms with Crippen LogP contribution in [0.1, 0.15) is 19.3 Å². The number of hydrogen-bond donors (Lipinski definition) is 0. The molecule has 2 atom stereocenters. The minimum atomic E-state index is -2.63. The van der Waals surface area contributed by atoms with Crippen LogP contribution in [0, 0.1) is 0 Å². The van der Waals surface area contributed by atoms with Gasteiger partial charge in [-0.1, -0.05) is 108 Å². The van der Waals surface area contributed by atoms with E-state index in [9.17, 15) is 4.39 Å². The zero-order valence-corrected chi connectivity index (χ0v) is 22.8. The molecule has 0 spiro atoms. The molecule has 190 valence electrons. The molecule has 1 aromatic heterocycles. The van der Waals surface area contributed by atoms with Crippen LogP contribution < -0.4 is 10.4 Å². The number of fused-ring (bicyclic) bond motifs is 3. The molecule has 0 saturated heterocycles. The lowest BCUT2D eigenvalue weighted by Gasteiger charge is -2.42. The quantitative estimate of drug-likeness (QED) is 0.204. The molecule has 0 radical (unpaired) electrons. The van der Waals surface area contributed by atoms with Crippen molar-refractivity contribution in [2.75, 3.05) is 0 Å². The van der Waals surface area contributed by atoms with E-state index >= 15 is 0 Å². The fraction of sp³-hybridized carbons (Fsp3) is 0.111. The summed E-state index contributed by atoms with van der Waals surface area (Å²) in [6, 6.07) is 37.3. The lowest BCUT2D eigenvalue weighted by molar-refractivity contribution is 0.651. The summed E-state index contributed by atoms with van der Waals surface area (Å²) >= 11 is 0. The monoisotopic (exact) mass is 523 g/mol. The minimum absolute atomic E-state index is 0.0996. The Morgan fingerprint density at radius 3 is 2.23 bits per heavy atom. The van der Waals surface area contributed by atoms with Gasteiger partial charge in [-0.2, -0.15) is 0 Å². The maximum absolute atomic E-state index is 15.0. The second kappa shape index (κ2) is 9.83. The van der Waals surface area contributed by atoms with Crippen LogP contribution in [0.15, 0.2) is 151 Å². The molecule has 0 fully saturated rings. The third-order valence-electron chi connectivity index (χ3n) is 8.48. The first-order valence-corrected chi connectivity index (χ1v) is 15.9. The van der Waals surface area contributed by atoms with Crippen molar-refractivity contribution < 1.29 is 4.39 Å². The van der Waals surface area contributed by atoms with Crippen LogP contribution in [0.2, 0.25) is 5.54 Å². The first-order valence-electron chi connectivity index (χ1n) is 13.8. The summed E-state index contributed by atoms with van der Waals surface area (Å²) in [7, 11) is -2.63. The molecule has 7 rings (SSSR count). The molecule has 1 nitrogen and oxygen atoms in total. The smallest absolute Gasteiger partial charge is 0.151 e. The zero-order chi connectivity index (χ0) is 26.2. The van der Waals surface area contributed by atoms with Crippen LogP contribution >= 0.6 is 0 Å². The summed E-state index contributed by atoms with van der Waals surface area (Å²) in [6.07, 6.45) is 15.3. The number of aromatic nitrogens is 1. The highest BCUT2D eigenvalue weighted by Crippen LogP contribution is 2.40. The fourth-order valence-electron chi connectivity index (χ4n) is 6.85. The van der Waals surface area contributed by atoms with Crippen molar-refractivity contribution in [1.82, 2.24) is 4.57 Å². The van der Waals surface area contributed by atoms with Gasteiger partial charge in [0.2, 0.25) is 0 Å². The molecule has 2 unspecified atom stereocenters. The van der Waals surface area contributed by atoms with E-state index in [1.165, 1.54) is 37.4 Å². The van der Waals surface area contributed by atoms with Gasteiger partial charge in [0.25, 0.3) is 0 Å². The van der Waals surface area contributed by atoms with Gasteiger partial charge in [0.15, 0.2) is 8.07 Å². The lowest BCUT2D eigenvalue weighted by atomic mass is 10.1. The molecular weight excluding hydrogens is 493 g/mol. The highest BCUT2D eigenvalue weighted by molar-refractivity contribution is 7.08. The van der Waals surface area contributed by atoms with Gasteiger partial charge in [0.1, 0.15) is 5.83 Å². The molecular formula is C36H30FNSi. The van der Waals surface area contributed by atoms with E-state index in [0.29, 0.717) is 0 Å². The fourth-order valence-corrected chi connectivity index (χ4v) is 12.5. The Balaban J connectivity index is 1.57. The van der Waals surface area contributed by atoms with Gasteiger partial charge in [-0.15, -0.1) is 0 Å². The summed E-state index contributed by atoms with van der Waals surface area (Å²) in [6.45, 7) is 0. The van der Waals surface area contributed by atoms with Crippen molar-refractivity contribution in [3.63, 3.8) is 0 Å². The van der Waals surface area contributed by atoms with E-state index in [1.807, 2.05) is 12.2 Å². The van der Waals surface area contributed by atoms with E-state index in [1.54, 1.807) is 6.08 Å². The lowest BCUT2D eigenvalue weighted by Crippen LogP contribution is -2.63.